The summed E-state index contributed by atoms with van der Waals surface area (Å²) in [6.07, 6.45) is 1.95. The zero-order chi connectivity index (χ0) is 13.8. The van der Waals surface area contributed by atoms with Crippen molar-refractivity contribution in [1.29, 1.82) is 0 Å². The highest BCUT2D eigenvalue weighted by atomic mass is 35.5. The lowest BCUT2D eigenvalue weighted by Crippen LogP contribution is -2.42. The van der Waals surface area contributed by atoms with Crippen molar-refractivity contribution in [2.24, 2.45) is 5.73 Å². The number of ether oxygens (including phenoxy) is 1. The van der Waals surface area contributed by atoms with E-state index in [0.717, 1.165) is 19.4 Å². The summed E-state index contributed by atoms with van der Waals surface area (Å²) in [4.78, 5) is 13.8. The van der Waals surface area contributed by atoms with Crippen molar-refractivity contribution < 1.29 is 9.53 Å². The average Bonchev–Trinajstić information content (AvgIpc) is 2.88. The Morgan fingerprint density at radius 1 is 1.47 bits per heavy atom. The third-order valence-electron chi connectivity index (χ3n) is 3.21. The molecule has 2 N–H and O–H groups in total. The van der Waals surface area contributed by atoms with Crippen molar-refractivity contribution in [3.8, 4) is 5.75 Å². The highest BCUT2D eigenvalue weighted by Crippen LogP contribution is 2.27. The van der Waals surface area contributed by atoms with Crippen molar-refractivity contribution in [3.63, 3.8) is 0 Å². The fourth-order valence-corrected chi connectivity index (χ4v) is 2.55. The molecule has 1 aliphatic heterocycles. The monoisotopic (exact) mass is 302 g/mol. The largest absolute Gasteiger partial charge is 0.482 e. The van der Waals surface area contributed by atoms with E-state index in [4.69, 9.17) is 33.7 Å². The Morgan fingerprint density at radius 2 is 2.26 bits per heavy atom. The van der Waals surface area contributed by atoms with Crippen LogP contribution in [0.5, 0.6) is 5.75 Å². The number of amides is 1. The van der Waals surface area contributed by atoms with Gasteiger partial charge in [0.15, 0.2) is 6.61 Å². The fourth-order valence-electron chi connectivity index (χ4n) is 2.22. The molecule has 1 aromatic rings. The van der Waals surface area contributed by atoms with Gasteiger partial charge in [0.1, 0.15) is 5.75 Å². The molecule has 1 fully saturated rings. The van der Waals surface area contributed by atoms with E-state index in [1.165, 1.54) is 0 Å². The van der Waals surface area contributed by atoms with Gasteiger partial charge in [0.25, 0.3) is 5.91 Å². The summed E-state index contributed by atoms with van der Waals surface area (Å²) in [6, 6.07) is 5.04. The van der Waals surface area contributed by atoms with E-state index < -0.39 is 0 Å². The van der Waals surface area contributed by atoms with Crippen LogP contribution in [0.2, 0.25) is 10.0 Å². The van der Waals surface area contributed by atoms with Gasteiger partial charge in [-0.25, -0.2) is 0 Å². The number of benzene rings is 1. The number of nitrogens with two attached hydrogens (primary N) is 1. The van der Waals surface area contributed by atoms with Crippen LogP contribution in [0.1, 0.15) is 12.8 Å². The van der Waals surface area contributed by atoms with Crippen LogP contribution in [0.15, 0.2) is 18.2 Å². The summed E-state index contributed by atoms with van der Waals surface area (Å²) in [5.41, 5.74) is 5.64. The molecular formula is C13H16Cl2N2O2. The molecule has 1 atom stereocenters. The van der Waals surface area contributed by atoms with E-state index >= 15 is 0 Å². The molecule has 0 unspecified atom stereocenters. The van der Waals surface area contributed by atoms with Crippen LogP contribution in [0.3, 0.4) is 0 Å². The van der Waals surface area contributed by atoms with E-state index in [2.05, 4.69) is 0 Å². The Bertz CT molecular complexity index is 468. The van der Waals surface area contributed by atoms with Crippen LogP contribution in [0.25, 0.3) is 0 Å². The quantitative estimate of drug-likeness (QED) is 0.928. The maximum Gasteiger partial charge on any atom is 0.260 e. The van der Waals surface area contributed by atoms with Gasteiger partial charge < -0.3 is 15.4 Å². The van der Waals surface area contributed by atoms with Gasteiger partial charge in [-0.1, -0.05) is 23.2 Å². The van der Waals surface area contributed by atoms with Crippen LogP contribution in [0.4, 0.5) is 0 Å². The Hall–Kier alpha value is -0.970. The Kier molecular flexibility index (Phi) is 4.91. The number of carbonyl (C=O) groups excluding carboxylic acids is 1. The van der Waals surface area contributed by atoms with Crippen molar-refractivity contribution >= 4 is 29.1 Å². The summed E-state index contributed by atoms with van der Waals surface area (Å²) < 4.78 is 5.44. The predicted molar refractivity (Wildman–Crippen MR) is 75.7 cm³/mol. The zero-order valence-electron chi connectivity index (χ0n) is 10.4. The number of halogens is 2. The van der Waals surface area contributed by atoms with Crippen molar-refractivity contribution in [2.45, 2.75) is 18.9 Å². The summed E-state index contributed by atoms with van der Waals surface area (Å²) in [7, 11) is 0. The minimum atomic E-state index is -0.0657. The van der Waals surface area contributed by atoms with Gasteiger partial charge in [-0.2, -0.15) is 0 Å². The second kappa shape index (κ2) is 6.46. The summed E-state index contributed by atoms with van der Waals surface area (Å²) >= 11 is 11.8. The van der Waals surface area contributed by atoms with Crippen molar-refractivity contribution in [3.05, 3.63) is 28.2 Å². The van der Waals surface area contributed by atoms with Gasteiger partial charge in [0.2, 0.25) is 0 Å². The van der Waals surface area contributed by atoms with Gasteiger partial charge in [0.05, 0.1) is 5.02 Å². The third kappa shape index (κ3) is 3.53. The summed E-state index contributed by atoms with van der Waals surface area (Å²) in [5.74, 6) is 0.356. The minimum Gasteiger partial charge on any atom is -0.482 e. The molecule has 1 heterocycles. The molecule has 0 spiro atoms. The molecule has 0 aromatic heterocycles. The Morgan fingerprint density at radius 3 is 3.00 bits per heavy atom. The Labute approximate surface area is 122 Å². The lowest BCUT2D eigenvalue weighted by molar-refractivity contribution is -0.134. The van der Waals surface area contributed by atoms with E-state index in [9.17, 15) is 4.79 Å². The number of nitrogens with zero attached hydrogens (tertiary/aromatic N) is 1. The van der Waals surface area contributed by atoms with Gasteiger partial charge in [0, 0.05) is 30.2 Å². The highest BCUT2D eigenvalue weighted by Gasteiger charge is 2.27. The molecule has 0 radical (unpaired) electrons. The molecule has 1 amide bonds. The minimum absolute atomic E-state index is 0.0451. The van der Waals surface area contributed by atoms with Crippen LogP contribution in [0, 0.1) is 0 Å². The third-order valence-corrected chi connectivity index (χ3v) is 3.76. The smallest absolute Gasteiger partial charge is 0.260 e. The first-order valence-electron chi connectivity index (χ1n) is 6.19. The molecule has 4 nitrogen and oxygen atoms in total. The van der Waals surface area contributed by atoms with Gasteiger partial charge in [-0.05, 0) is 25.0 Å². The normalized spacial score (nSPS) is 18.7. The highest BCUT2D eigenvalue weighted by molar-refractivity contribution is 6.34. The van der Waals surface area contributed by atoms with E-state index in [-0.39, 0.29) is 18.6 Å². The molecule has 1 aliphatic rings. The molecule has 19 heavy (non-hydrogen) atoms. The number of carbonyl (C=O) groups is 1. The second-order valence-corrected chi connectivity index (χ2v) is 5.33. The predicted octanol–water partition coefficient (Wildman–Crippen LogP) is 2.32. The van der Waals surface area contributed by atoms with E-state index in [1.807, 2.05) is 0 Å². The van der Waals surface area contributed by atoms with Gasteiger partial charge in [-0.15, -0.1) is 0 Å². The summed E-state index contributed by atoms with van der Waals surface area (Å²) in [5, 5.41) is 0.960. The van der Waals surface area contributed by atoms with Crippen LogP contribution in [-0.2, 0) is 4.79 Å². The zero-order valence-corrected chi connectivity index (χ0v) is 12.0. The first kappa shape index (κ1) is 14.4. The fraction of sp³-hybridized carbons (Fsp3) is 0.462. The second-order valence-electron chi connectivity index (χ2n) is 4.48. The number of hydrogen-bond acceptors (Lipinski definition) is 3. The summed E-state index contributed by atoms with van der Waals surface area (Å²) in [6.45, 7) is 1.19. The van der Waals surface area contributed by atoms with Crippen LogP contribution < -0.4 is 10.5 Å². The molecule has 1 saturated heterocycles. The standard InChI is InChI=1S/C13H16Cl2N2O2/c14-9-3-4-11(15)12(6-9)19-8-13(18)17-5-1-2-10(17)7-16/h3-4,6,10H,1-2,5,7-8,16H2/t10-/m0/s1. The molecule has 0 aliphatic carbocycles. The molecule has 6 heteroatoms. The van der Waals surface area contributed by atoms with Crippen LogP contribution in [-0.4, -0.2) is 36.5 Å². The average molecular weight is 303 g/mol. The number of likely N-dealkylation sites (tertiary alicyclic amines) is 1. The molecule has 0 saturated carbocycles. The number of rotatable bonds is 4. The Balaban J connectivity index is 1.95. The molecular weight excluding hydrogens is 287 g/mol. The van der Waals surface area contributed by atoms with Crippen LogP contribution >= 0.6 is 23.2 Å². The SMILES string of the molecule is NC[C@@H]1CCCN1C(=O)COc1cc(Cl)ccc1Cl. The molecule has 104 valence electrons. The van der Waals surface area contributed by atoms with E-state index in [1.54, 1.807) is 23.1 Å². The molecule has 2 rings (SSSR count). The van der Waals surface area contributed by atoms with Crippen molar-refractivity contribution in [1.82, 2.24) is 4.90 Å². The molecule has 1 aromatic carbocycles. The maximum atomic E-state index is 12.1. The molecule has 0 bridgehead atoms. The van der Waals surface area contributed by atoms with Gasteiger partial charge >= 0.3 is 0 Å². The first-order valence-corrected chi connectivity index (χ1v) is 6.95. The lowest BCUT2D eigenvalue weighted by Gasteiger charge is -2.23. The van der Waals surface area contributed by atoms with Crippen molar-refractivity contribution in [2.75, 3.05) is 19.7 Å². The van der Waals surface area contributed by atoms with Gasteiger partial charge in [-0.3, -0.25) is 4.79 Å². The topological polar surface area (TPSA) is 55.6 Å². The lowest BCUT2D eigenvalue weighted by atomic mass is 10.2. The number of hydrogen-bond donors (Lipinski definition) is 1. The maximum absolute atomic E-state index is 12.1. The van der Waals surface area contributed by atoms with E-state index in [0.29, 0.717) is 22.3 Å². The first-order chi connectivity index (χ1) is 9.11.